The van der Waals surface area contributed by atoms with Gasteiger partial charge in [-0.05, 0) is 23.1 Å². The van der Waals surface area contributed by atoms with Gasteiger partial charge in [-0.15, -0.1) is 0 Å². The molecule has 1 saturated heterocycles. The molecule has 3 rings (SSSR count). The third-order valence-corrected chi connectivity index (χ3v) is 5.35. The number of aliphatic hydroxyl groups excluding tert-OH is 1. The lowest BCUT2D eigenvalue weighted by Gasteiger charge is -2.20. The molecule has 7 heteroatoms. The molecule has 0 bridgehead atoms. The average molecular weight is 411 g/mol. The number of urea groups is 1. The Labute approximate surface area is 177 Å². The van der Waals surface area contributed by atoms with Crippen LogP contribution in [-0.2, 0) is 24.3 Å². The quantitative estimate of drug-likeness (QED) is 0.529. The molecule has 4 N–H and O–H groups in total. The zero-order valence-electron chi connectivity index (χ0n) is 17.3. The van der Waals surface area contributed by atoms with Crippen LogP contribution < -0.4 is 16.0 Å². The normalized spacial score (nSPS) is 17.3. The fraction of sp³-hybridized carbons (Fsp3) is 0.391. The summed E-state index contributed by atoms with van der Waals surface area (Å²) < 4.78 is 0. The van der Waals surface area contributed by atoms with Gasteiger partial charge < -0.3 is 21.1 Å². The summed E-state index contributed by atoms with van der Waals surface area (Å²) in [7, 11) is 1.56. The summed E-state index contributed by atoms with van der Waals surface area (Å²) in [4.78, 5) is 26.9. The SMILES string of the molecule is CNC(=O)C(Cc1ccccc1)NC(=O)NCc1ccccc1CN1CCC(O)C1. The van der Waals surface area contributed by atoms with Crippen LogP contribution in [0.1, 0.15) is 23.1 Å². The third-order valence-electron chi connectivity index (χ3n) is 5.35. The maximum Gasteiger partial charge on any atom is 0.315 e. The number of likely N-dealkylation sites (tertiary alicyclic amines) is 1. The van der Waals surface area contributed by atoms with E-state index in [-0.39, 0.29) is 18.0 Å². The molecule has 1 fully saturated rings. The number of likely N-dealkylation sites (N-methyl/N-ethyl adjacent to an activating group) is 1. The zero-order chi connectivity index (χ0) is 21.3. The number of amides is 3. The van der Waals surface area contributed by atoms with Gasteiger partial charge >= 0.3 is 6.03 Å². The van der Waals surface area contributed by atoms with Crippen molar-refractivity contribution in [3.8, 4) is 0 Å². The Morgan fingerprint density at radius 3 is 2.47 bits per heavy atom. The van der Waals surface area contributed by atoms with E-state index in [1.807, 2.05) is 54.6 Å². The highest BCUT2D eigenvalue weighted by atomic mass is 16.3. The Hall–Kier alpha value is -2.90. The van der Waals surface area contributed by atoms with Crippen LogP contribution in [0.15, 0.2) is 54.6 Å². The number of carbonyl (C=O) groups excluding carboxylic acids is 2. The number of nitrogens with zero attached hydrogens (tertiary/aromatic N) is 1. The smallest absolute Gasteiger partial charge is 0.315 e. The molecule has 0 radical (unpaired) electrons. The Kier molecular flexibility index (Phi) is 7.82. The molecule has 3 amide bonds. The minimum absolute atomic E-state index is 0.234. The Morgan fingerprint density at radius 1 is 1.10 bits per heavy atom. The van der Waals surface area contributed by atoms with Gasteiger partial charge in [-0.2, -0.15) is 0 Å². The molecular formula is C23H30N4O3. The third kappa shape index (κ3) is 6.30. The van der Waals surface area contributed by atoms with Crippen molar-refractivity contribution < 1.29 is 14.7 Å². The Balaban J connectivity index is 1.57. The number of rotatable bonds is 8. The number of benzene rings is 2. The van der Waals surface area contributed by atoms with Gasteiger partial charge in [0.2, 0.25) is 5.91 Å². The summed E-state index contributed by atoms with van der Waals surface area (Å²) in [5.74, 6) is -0.234. The van der Waals surface area contributed by atoms with Gasteiger partial charge in [0.1, 0.15) is 6.04 Å². The first kappa shape index (κ1) is 21.8. The van der Waals surface area contributed by atoms with Gasteiger partial charge in [0.25, 0.3) is 0 Å². The molecule has 2 atom stereocenters. The minimum Gasteiger partial charge on any atom is -0.392 e. The first-order valence-electron chi connectivity index (χ1n) is 10.3. The zero-order valence-corrected chi connectivity index (χ0v) is 17.3. The summed E-state index contributed by atoms with van der Waals surface area (Å²) in [6, 6.07) is 16.5. The summed E-state index contributed by atoms with van der Waals surface area (Å²) in [5.41, 5.74) is 3.12. The molecule has 0 saturated carbocycles. The van der Waals surface area contributed by atoms with E-state index in [0.29, 0.717) is 19.5 Å². The van der Waals surface area contributed by atoms with Crippen LogP contribution >= 0.6 is 0 Å². The second kappa shape index (κ2) is 10.8. The lowest BCUT2D eigenvalue weighted by Crippen LogP contribution is -2.50. The maximum absolute atomic E-state index is 12.5. The van der Waals surface area contributed by atoms with Crippen molar-refractivity contribution in [3.63, 3.8) is 0 Å². The Morgan fingerprint density at radius 2 is 1.80 bits per heavy atom. The molecular weight excluding hydrogens is 380 g/mol. The van der Waals surface area contributed by atoms with Gasteiger partial charge in [0.15, 0.2) is 0 Å². The van der Waals surface area contributed by atoms with E-state index in [0.717, 1.165) is 36.2 Å². The molecule has 30 heavy (non-hydrogen) atoms. The van der Waals surface area contributed by atoms with Crippen LogP contribution in [0.5, 0.6) is 0 Å². The van der Waals surface area contributed by atoms with Crippen LogP contribution in [-0.4, -0.2) is 54.2 Å². The summed E-state index contributed by atoms with van der Waals surface area (Å²) in [5, 5.41) is 18.0. The number of hydrogen-bond acceptors (Lipinski definition) is 4. The second-order valence-corrected chi connectivity index (χ2v) is 7.63. The van der Waals surface area contributed by atoms with Crippen molar-refractivity contribution in [3.05, 3.63) is 71.3 Å². The molecule has 0 aromatic heterocycles. The maximum atomic E-state index is 12.5. The number of β-amino-alcohol motifs (C(OH)–C–C–N with tert-alkyl or cyclic N) is 1. The van der Waals surface area contributed by atoms with E-state index in [4.69, 9.17) is 0 Å². The van der Waals surface area contributed by atoms with Crippen molar-refractivity contribution in [1.82, 2.24) is 20.9 Å². The molecule has 2 aromatic rings. The van der Waals surface area contributed by atoms with E-state index in [2.05, 4.69) is 20.9 Å². The van der Waals surface area contributed by atoms with Gasteiger partial charge in [0, 0.05) is 39.6 Å². The fourth-order valence-corrected chi connectivity index (χ4v) is 3.70. The summed E-state index contributed by atoms with van der Waals surface area (Å²) >= 11 is 0. The van der Waals surface area contributed by atoms with Gasteiger partial charge in [-0.25, -0.2) is 4.79 Å². The molecule has 1 heterocycles. The summed E-state index contributed by atoms with van der Waals surface area (Å²) in [6.07, 6.45) is 0.958. The predicted molar refractivity (Wildman–Crippen MR) is 116 cm³/mol. The molecule has 2 unspecified atom stereocenters. The highest BCUT2D eigenvalue weighted by Gasteiger charge is 2.22. The predicted octanol–water partition coefficient (Wildman–Crippen LogP) is 1.41. The van der Waals surface area contributed by atoms with Crippen molar-refractivity contribution in [2.75, 3.05) is 20.1 Å². The molecule has 160 valence electrons. The van der Waals surface area contributed by atoms with Crippen LogP contribution in [0.25, 0.3) is 0 Å². The van der Waals surface area contributed by atoms with Crippen molar-refractivity contribution in [1.29, 1.82) is 0 Å². The topological polar surface area (TPSA) is 93.7 Å². The van der Waals surface area contributed by atoms with Gasteiger partial charge in [0.05, 0.1) is 6.10 Å². The van der Waals surface area contributed by atoms with E-state index in [1.54, 1.807) is 7.05 Å². The monoisotopic (exact) mass is 410 g/mol. The molecule has 1 aliphatic rings. The van der Waals surface area contributed by atoms with E-state index in [9.17, 15) is 14.7 Å². The standard InChI is InChI=1S/C23H30N4O3/c1-24-22(29)21(13-17-7-3-2-4-8-17)26-23(30)25-14-18-9-5-6-10-19(18)15-27-12-11-20(28)16-27/h2-10,20-21,28H,11-16H2,1H3,(H,24,29)(H2,25,26,30). The van der Waals surface area contributed by atoms with Crippen molar-refractivity contribution in [2.45, 2.75) is 38.1 Å². The van der Waals surface area contributed by atoms with Gasteiger partial charge in [-0.3, -0.25) is 9.69 Å². The first-order valence-corrected chi connectivity index (χ1v) is 10.3. The highest BCUT2D eigenvalue weighted by molar-refractivity contribution is 5.87. The Bertz CT molecular complexity index is 843. The first-order chi connectivity index (χ1) is 14.5. The van der Waals surface area contributed by atoms with Gasteiger partial charge in [-0.1, -0.05) is 54.6 Å². The second-order valence-electron chi connectivity index (χ2n) is 7.63. The van der Waals surface area contributed by atoms with E-state index in [1.165, 1.54) is 0 Å². The minimum atomic E-state index is -0.654. The molecule has 0 aliphatic carbocycles. The number of aliphatic hydroxyl groups is 1. The summed E-state index contributed by atoms with van der Waals surface area (Å²) in [6.45, 7) is 2.65. The van der Waals surface area contributed by atoms with E-state index < -0.39 is 6.04 Å². The molecule has 2 aromatic carbocycles. The van der Waals surface area contributed by atoms with E-state index >= 15 is 0 Å². The van der Waals surface area contributed by atoms with Crippen molar-refractivity contribution in [2.24, 2.45) is 0 Å². The average Bonchev–Trinajstić information content (AvgIpc) is 3.17. The lowest BCUT2D eigenvalue weighted by molar-refractivity contribution is -0.122. The van der Waals surface area contributed by atoms with Crippen LogP contribution in [0.4, 0.5) is 4.79 Å². The number of hydrogen-bond donors (Lipinski definition) is 4. The lowest BCUT2D eigenvalue weighted by atomic mass is 10.1. The fourth-order valence-electron chi connectivity index (χ4n) is 3.70. The highest BCUT2D eigenvalue weighted by Crippen LogP contribution is 2.16. The molecule has 7 nitrogen and oxygen atoms in total. The molecule has 0 spiro atoms. The van der Waals surface area contributed by atoms with Crippen LogP contribution in [0, 0.1) is 0 Å². The number of nitrogens with one attached hydrogen (secondary N) is 3. The van der Waals surface area contributed by atoms with Crippen LogP contribution in [0.3, 0.4) is 0 Å². The van der Waals surface area contributed by atoms with Crippen molar-refractivity contribution >= 4 is 11.9 Å². The molecule has 1 aliphatic heterocycles. The number of carbonyl (C=O) groups is 2. The largest absolute Gasteiger partial charge is 0.392 e. The van der Waals surface area contributed by atoms with Crippen LogP contribution in [0.2, 0.25) is 0 Å².